The van der Waals surface area contributed by atoms with Crippen LogP contribution in [0.4, 0.5) is 0 Å². The summed E-state index contributed by atoms with van der Waals surface area (Å²) in [7, 11) is 0. The molecule has 1 unspecified atom stereocenters. The van der Waals surface area contributed by atoms with E-state index in [0.717, 1.165) is 22.2 Å². The Morgan fingerprint density at radius 2 is 1.83 bits per heavy atom. The number of hydrogen-bond acceptors (Lipinski definition) is 2. The largest absolute Gasteiger partial charge is 0.611 e. The second-order valence-corrected chi connectivity index (χ2v) is 6.17. The monoisotopic (exact) mass is 261 g/mol. The van der Waals surface area contributed by atoms with Crippen LogP contribution in [0.5, 0.6) is 0 Å². The van der Waals surface area contributed by atoms with Gasteiger partial charge < -0.3 is 9.87 Å². The Hall–Kier alpha value is -1.03. The maximum Gasteiger partial charge on any atom is 0.160 e. The Kier molecular flexibility index (Phi) is 4.64. The summed E-state index contributed by atoms with van der Waals surface area (Å²) in [5.74, 6) is 0.659. The summed E-state index contributed by atoms with van der Waals surface area (Å²) in [6.45, 7) is 4.98. The lowest BCUT2D eigenvalue weighted by Crippen LogP contribution is -2.28. The summed E-state index contributed by atoms with van der Waals surface area (Å²) in [5, 5.41) is 5.55. The van der Waals surface area contributed by atoms with Crippen LogP contribution >= 0.6 is 0 Å². The third-order valence-electron chi connectivity index (χ3n) is 2.83. The summed E-state index contributed by atoms with van der Waals surface area (Å²) < 4.78 is 12.3. The Bertz CT molecular complexity index is 507. The topological polar surface area (TPSA) is 35.1 Å². The SMILES string of the molecule is CC(C)NCC[S+]([O-])c1cccc2ccccc12. The molecule has 0 heterocycles. The van der Waals surface area contributed by atoms with Crippen LogP contribution in [-0.2, 0) is 11.2 Å². The van der Waals surface area contributed by atoms with E-state index in [9.17, 15) is 4.55 Å². The van der Waals surface area contributed by atoms with Gasteiger partial charge in [0.05, 0.1) is 0 Å². The van der Waals surface area contributed by atoms with Gasteiger partial charge >= 0.3 is 0 Å². The summed E-state index contributed by atoms with van der Waals surface area (Å²) >= 11 is -0.937. The minimum atomic E-state index is -0.937. The summed E-state index contributed by atoms with van der Waals surface area (Å²) in [4.78, 5) is 0.943. The number of nitrogens with one attached hydrogen (secondary N) is 1. The molecule has 0 aliphatic carbocycles. The molecular formula is C15H19NOS. The van der Waals surface area contributed by atoms with Crippen LogP contribution in [0.1, 0.15) is 13.8 Å². The molecule has 0 aliphatic heterocycles. The van der Waals surface area contributed by atoms with E-state index in [1.54, 1.807) is 0 Å². The molecule has 96 valence electrons. The molecule has 0 aromatic heterocycles. The highest BCUT2D eigenvalue weighted by Gasteiger charge is 2.13. The van der Waals surface area contributed by atoms with Gasteiger partial charge in [-0.25, -0.2) is 0 Å². The van der Waals surface area contributed by atoms with Crippen LogP contribution in [0.15, 0.2) is 47.4 Å². The van der Waals surface area contributed by atoms with Gasteiger partial charge in [0.25, 0.3) is 0 Å². The molecule has 0 amide bonds. The molecule has 0 spiro atoms. The van der Waals surface area contributed by atoms with Crippen LogP contribution in [0.3, 0.4) is 0 Å². The first-order valence-corrected chi connectivity index (χ1v) is 7.60. The first kappa shape index (κ1) is 13.4. The Morgan fingerprint density at radius 1 is 1.11 bits per heavy atom. The molecular weight excluding hydrogens is 242 g/mol. The van der Waals surface area contributed by atoms with Gasteiger partial charge in [-0.2, -0.15) is 0 Å². The van der Waals surface area contributed by atoms with Gasteiger partial charge in [-0.1, -0.05) is 44.2 Å². The molecule has 0 radical (unpaired) electrons. The summed E-state index contributed by atoms with van der Waals surface area (Å²) in [6, 6.07) is 14.5. The van der Waals surface area contributed by atoms with Gasteiger partial charge in [-0.15, -0.1) is 0 Å². The van der Waals surface area contributed by atoms with Crippen molar-refractivity contribution in [3.63, 3.8) is 0 Å². The van der Waals surface area contributed by atoms with Crippen molar-refractivity contribution in [2.75, 3.05) is 12.3 Å². The number of fused-ring (bicyclic) bond motifs is 1. The fourth-order valence-electron chi connectivity index (χ4n) is 1.94. The minimum absolute atomic E-state index is 0.439. The second kappa shape index (κ2) is 6.23. The summed E-state index contributed by atoms with van der Waals surface area (Å²) in [5.41, 5.74) is 0. The van der Waals surface area contributed by atoms with Crippen LogP contribution in [-0.4, -0.2) is 22.9 Å². The van der Waals surface area contributed by atoms with E-state index in [1.807, 2.05) is 30.3 Å². The van der Waals surface area contributed by atoms with Gasteiger partial charge in [-0.3, -0.25) is 0 Å². The first-order chi connectivity index (χ1) is 8.68. The van der Waals surface area contributed by atoms with E-state index in [1.165, 1.54) is 0 Å². The molecule has 0 fully saturated rings. The summed E-state index contributed by atoms with van der Waals surface area (Å²) in [6.07, 6.45) is 0. The van der Waals surface area contributed by atoms with Crippen molar-refractivity contribution in [2.24, 2.45) is 0 Å². The highest BCUT2D eigenvalue weighted by atomic mass is 32.2. The van der Waals surface area contributed by atoms with Crippen LogP contribution in [0.2, 0.25) is 0 Å². The molecule has 2 aromatic carbocycles. The predicted molar refractivity (Wildman–Crippen MR) is 78.4 cm³/mol. The van der Waals surface area contributed by atoms with E-state index in [2.05, 4.69) is 31.3 Å². The molecule has 2 aromatic rings. The Morgan fingerprint density at radius 3 is 2.61 bits per heavy atom. The maximum absolute atomic E-state index is 12.3. The minimum Gasteiger partial charge on any atom is -0.611 e. The van der Waals surface area contributed by atoms with Crippen molar-refractivity contribution < 1.29 is 4.55 Å². The van der Waals surface area contributed by atoms with E-state index >= 15 is 0 Å². The van der Waals surface area contributed by atoms with E-state index in [4.69, 9.17) is 0 Å². The zero-order chi connectivity index (χ0) is 13.0. The predicted octanol–water partition coefficient (Wildman–Crippen LogP) is 2.95. The van der Waals surface area contributed by atoms with Gasteiger partial charge in [0.2, 0.25) is 0 Å². The molecule has 1 atom stereocenters. The molecule has 18 heavy (non-hydrogen) atoms. The molecule has 2 nitrogen and oxygen atoms in total. The quantitative estimate of drug-likeness (QED) is 0.840. The second-order valence-electron chi connectivity index (χ2n) is 4.64. The van der Waals surface area contributed by atoms with Gasteiger partial charge in [0.1, 0.15) is 5.75 Å². The molecule has 0 bridgehead atoms. The Balaban J connectivity index is 2.15. The van der Waals surface area contributed by atoms with Gasteiger partial charge in [0.15, 0.2) is 4.90 Å². The van der Waals surface area contributed by atoms with Crippen molar-refractivity contribution in [3.05, 3.63) is 42.5 Å². The maximum atomic E-state index is 12.3. The van der Waals surface area contributed by atoms with Crippen LogP contribution in [0.25, 0.3) is 10.8 Å². The standard InChI is InChI=1S/C15H19NOS/c1-12(2)16-10-11-18(17)15-9-5-7-13-6-3-4-8-14(13)15/h3-9,12,16H,10-11H2,1-2H3. The fourth-order valence-corrected chi connectivity index (χ4v) is 3.13. The molecule has 2 rings (SSSR count). The zero-order valence-corrected chi connectivity index (χ0v) is 11.7. The van der Waals surface area contributed by atoms with E-state index in [0.29, 0.717) is 11.8 Å². The number of rotatable bonds is 5. The number of benzene rings is 2. The van der Waals surface area contributed by atoms with Crippen molar-refractivity contribution in [1.29, 1.82) is 0 Å². The Labute approximate surface area is 112 Å². The average molecular weight is 261 g/mol. The lowest BCUT2D eigenvalue weighted by molar-refractivity contribution is 0.578. The van der Waals surface area contributed by atoms with Crippen LogP contribution in [0, 0.1) is 0 Å². The molecule has 1 N–H and O–H groups in total. The highest BCUT2D eigenvalue weighted by molar-refractivity contribution is 7.91. The first-order valence-electron chi connectivity index (χ1n) is 6.28. The number of hydrogen-bond donors (Lipinski definition) is 1. The van der Waals surface area contributed by atoms with Crippen molar-refractivity contribution in [3.8, 4) is 0 Å². The lowest BCUT2D eigenvalue weighted by atomic mass is 10.1. The highest BCUT2D eigenvalue weighted by Crippen LogP contribution is 2.23. The molecule has 0 saturated carbocycles. The van der Waals surface area contributed by atoms with Crippen LogP contribution < -0.4 is 5.32 Å². The molecule has 0 saturated heterocycles. The third-order valence-corrected chi connectivity index (χ3v) is 4.26. The van der Waals surface area contributed by atoms with E-state index < -0.39 is 11.2 Å². The van der Waals surface area contributed by atoms with Crippen molar-refractivity contribution >= 4 is 21.9 Å². The third kappa shape index (κ3) is 3.25. The van der Waals surface area contributed by atoms with Gasteiger partial charge in [-0.05, 0) is 28.7 Å². The average Bonchev–Trinajstić information content (AvgIpc) is 2.37. The van der Waals surface area contributed by atoms with Crippen molar-refractivity contribution in [1.82, 2.24) is 5.32 Å². The normalized spacial score (nSPS) is 13.1. The lowest BCUT2D eigenvalue weighted by Gasteiger charge is -2.14. The molecule has 0 aliphatic rings. The smallest absolute Gasteiger partial charge is 0.160 e. The van der Waals surface area contributed by atoms with E-state index in [-0.39, 0.29) is 0 Å². The van der Waals surface area contributed by atoms with Crippen molar-refractivity contribution in [2.45, 2.75) is 24.8 Å². The van der Waals surface area contributed by atoms with Gasteiger partial charge in [0, 0.05) is 18.0 Å². The molecule has 3 heteroatoms. The zero-order valence-electron chi connectivity index (χ0n) is 10.8. The fraction of sp³-hybridized carbons (Fsp3) is 0.333.